The summed E-state index contributed by atoms with van der Waals surface area (Å²) in [6.07, 6.45) is 7.36. The van der Waals surface area contributed by atoms with Gasteiger partial charge in [-0.15, -0.1) is 0 Å². The van der Waals surface area contributed by atoms with Crippen LogP contribution in [0.2, 0.25) is 0 Å². The third kappa shape index (κ3) is 7.35. The van der Waals surface area contributed by atoms with Crippen molar-refractivity contribution in [2.75, 3.05) is 18.9 Å². The van der Waals surface area contributed by atoms with Crippen molar-refractivity contribution >= 4 is 35.5 Å². The fraction of sp³-hybridized carbons (Fsp3) is 0.471. The van der Waals surface area contributed by atoms with Crippen molar-refractivity contribution in [3.8, 4) is 0 Å². The highest BCUT2D eigenvalue weighted by atomic mass is 16.1. The van der Waals surface area contributed by atoms with Crippen LogP contribution >= 0.6 is 0 Å². The normalized spacial score (nSPS) is 17.8. The molecule has 2 saturated carbocycles. The van der Waals surface area contributed by atoms with Gasteiger partial charge in [0.2, 0.25) is 6.41 Å². The van der Waals surface area contributed by atoms with Gasteiger partial charge in [-0.25, -0.2) is 0 Å². The first-order chi connectivity index (χ1) is 19.2. The van der Waals surface area contributed by atoms with Crippen LogP contribution in [0.3, 0.4) is 0 Å². The number of primary amides is 1. The quantitative estimate of drug-likeness (QED) is 0.268. The number of amides is 1. The molecule has 1 amide bonds. The summed E-state index contributed by atoms with van der Waals surface area (Å²) in [6, 6.07) is 13.0. The third-order valence-corrected chi connectivity index (χ3v) is 7.86. The van der Waals surface area contributed by atoms with Gasteiger partial charge in [-0.05, 0) is 111 Å². The number of nitrogens with one attached hydrogen (secondary N) is 1. The Morgan fingerprint density at radius 2 is 1.70 bits per heavy atom. The minimum atomic E-state index is -0.557. The van der Waals surface area contributed by atoms with Crippen molar-refractivity contribution in [1.29, 1.82) is 0 Å². The highest BCUT2D eigenvalue weighted by Gasteiger charge is 2.38. The predicted octanol–water partition coefficient (Wildman–Crippen LogP) is 6.85. The van der Waals surface area contributed by atoms with E-state index in [1.807, 2.05) is 34.7 Å². The van der Waals surface area contributed by atoms with Gasteiger partial charge in [0, 0.05) is 42.0 Å². The topological polar surface area (TPSA) is 96.9 Å². The lowest BCUT2D eigenvalue weighted by atomic mass is 9.83. The van der Waals surface area contributed by atoms with Crippen LogP contribution in [-0.4, -0.2) is 37.7 Å². The molecule has 1 aliphatic heterocycles. The average Bonchev–Trinajstić information content (AvgIpc) is 3.91. The zero-order chi connectivity index (χ0) is 29.4. The molecule has 1 heterocycles. The number of aryl methyl sites for hydroxylation is 1. The molecule has 1 atom stereocenters. The van der Waals surface area contributed by atoms with E-state index in [9.17, 15) is 4.79 Å². The second-order valence-corrected chi connectivity index (χ2v) is 11.3. The molecule has 214 valence electrons. The second kappa shape index (κ2) is 13.7. The van der Waals surface area contributed by atoms with E-state index in [1.165, 1.54) is 42.5 Å². The van der Waals surface area contributed by atoms with E-state index < -0.39 is 5.41 Å². The van der Waals surface area contributed by atoms with Crippen molar-refractivity contribution in [3.05, 3.63) is 70.8 Å². The molecule has 0 bridgehead atoms. The average molecular weight is 543 g/mol. The van der Waals surface area contributed by atoms with Crippen LogP contribution in [0, 0.1) is 18.8 Å². The first-order valence-electron chi connectivity index (χ1n) is 14.6. The molecular weight excluding hydrogens is 496 g/mol. The van der Waals surface area contributed by atoms with E-state index >= 15 is 0 Å². The Morgan fingerprint density at radius 3 is 2.25 bits per heavy atom. The third-order valence-electron chi connectivity index (χ3n) is 7.86. The molecule has 3 N–H and O–H groups in total. The van der Waals surface area contributed by atoms with Gasteiger partial charge in [-0.2, -0.15) is 0 Å². The number of nitrogens with zero attached hydrogens (tertiary/aromatic N) is 2. The monoisotopic (exact) mass is 542 g/mol. The Balaban J connectivity index is 0.000000827. The smallest absolute Gasteiger partial charge is 0.204 e. The summed E-state index contributed by atoms with van der Waals surface area (Å²) in [6.45, 7) is 15.2. The van der Waals surface area contributed by atoms with Crippen molar-refractivity contribution in [3.63, 3.8) is 0 Å². The molecule has 0 aromatic heterocycles. The summed E-state index contributed by atoms with van der Waals surface area (Å²) < 4.78 is 0. The zero-order valence-electron chi connectivity index (χ0n) is 25.1. The summed E-state index contributed by atoms with van der Waals surface area (Å²) in [5, 5.41) is 3.23. The molecule has 2 aromatic carbocycles. The van der Waals surface area contributed by atoms with E-state index in [-0.39, 0.29) is 6.41 Å². The Labute approximate surface area is 240 Å². The van der Waals surface area contributed by atoms with E-state index in [1.54, 1.807) is 0 Å². The molecule has 1 unspecified atom stereocenters. The summed E-state index contributed by atoms with van der Waals surface area (Å²) >= 11 is 0. The van der Waals surface area contributed by atoms with E-state index in [0.29, 0.717) is 17.8 Å². The van der Waals surface area contributed by atoms with Crippen LogP contribution in [0.4, 0.5) is 5.69 Å². The molecule has 5 rings (SSSR count). The zero-order valence-corrected chi connectivity index (χ0v) is 25.1. The SMILES string of the molecule is C=C(N=C(C1CC1)C1CC1)c1ccc(C)c(C2CN=C(c3ccc(NC)c(C(C)(C)C=O)c3)C2)c1.CC.NC=O. The van der Waals surface area contributed by atoms with Crippen LogP contribution < -0.4 is 11.1 Å². The maximum Gasteiger partial charge on any atom is 0.204 e. The molecule has 6 heteroatoms. The lowest BCUT2D eigenvalue weighted by Crippen LogP contribution is -2.21. The molecule has 2 aliphatic carbocycles. The Morgan fingerprint density at radius 1 is 1.07 bits per heavy atom. The van der Waals surface area contributed by atoms with Crippen LogP contribution in [0.25, 0.3) is 5.70 Å². The lowest BCUT2D eigenvalue weighted by Gasteiger charge is -2.22. The Hall–Kier alpha value is -3.54. The molecule has 40 heavy (non-hydrogen) atoms. The van der Waals surface area contributed by atoms with Gasteiger partial charge in [0.15, 0.2) is 0 Å². The van der Waals surface area contributed by atoms with Crippen molar-refractivity contribution < 1.29 is 9.59 Å². The number of aldehydes is 1. The number of carbonyl (C=O) groups excluding carboxylic acids is 2. The predicted molar refractivity (Wildman–Crippen MR) is 169 cm³/mol. The van der Waals surface area contributed by atoms with Crippen LogP contribution in [0.5, 0.6) is 0 Å². The van der Waals surface area contributed by atoms with Gasteiger partial charge in [0.05, 0.1) is 5.70 Å². The van der Waals surface area contributed by atoms with Gasteiger partial charge < -0.3 is 15.8 Å². The summed E-state index contributed by atoms with van der Waals surface area (Å²) in [4.78, 5) is 30.3. The fourth-order valence-corrected chi connectivity index (χ4v) is 5.29. The van der Waals surface area contributed by atoms with E-state index in [4.69, 9.17) is 14.8 Å². The summed E-state index contributed by atoms with van der Waals surface area (Å²) in [5.74, 6) is 1.76. The van der Waals surface area contributed by atoms with Gasteiger partial charge in [-0.1, -0.05) is 38.6 Å². The Bertz CT molecular complexity index is 1270. The number of hydrogen-bond acceptors (Lipinski definition) is 5. The maximum atomic E-state index is 11.8. The fourth-order valence-electron chi connectivity index (χ4n) is 5.29. The number of carbonyl (C=O) groups is 2. The minimum Gasteiger partial charge on any atom is -0.388 e. The molecule has 6 nitrogen and oxygen atoms in total. The first kappa shape index (κ1) is 31.0. The number of hydrogen-bond donors (Lipinski definition) is 2. The lowest BCUT2D eigenvalue weighted by molar-refractivity contribution is -0.111. The highest BCUT2D eigenvalue weighted by Crippen LogP contribution is 2.43. The number of benzene rings is 2. The molecule has 0 radical (unpaired) electrons. The van der Waals surface area contributed by atoms with Gasteiger partial charge in [0.25, 0.3) is 0 Å². The molecule has 2 aromatic rings. The van der Waals surface area contributed by atoms with E-state index in [0.717, 1.165) is 53.0 Å². The van der Waals surface area contributed by atoms with Crippen molar-refractivity contribution in [1.82, 2.24) is 0 Å². The Kier molecular flexibility index (Phi) is 10.6. The molecule has 2 fully saturated rings. The summed E-state index contributed by atoms with van der Waals surface area (Å²) in [7, 11) is 1.90. The van der Waals surface area contributed by atoms with Crippen LogP contribution in [0.15, 0.2) is 53.0 Å². The van der Waals surface area contributed by atoms with Crippen LogP contribution in [-0.2, 0) is 15.0 Å². The second-order valence-electron chi connectivity index (χ2n) is 11.3. The van der Waals surface area contributed by atoms with Crippen molar-refractivity contribution in [2.45, 2.75) is 78.1 Å². The number of aliphatic imine (C=N–C) groups is 2. The minimum absolute atomic E-state index is 0.250. The highest BCUT2D eigenvalue weighted by molar-refractivity contribution is 6.03. The summed E-state index contributed by atoms with van der Waals surface area (Å²) in [5.41, 5.74) is 13.9. The van der Waals surface area contributed by atoms with Gasteiger partial charge in [0.1, 0.15) is 6.29 Å². The molecule has 0 saturated heterocycles. The molecular formula is C34H46N4O2. The van der Waals surface area contributed by atoms with E-state index in [2.05, 4.69) is 61.0 Å². The van der Waals surface area contributed by atoms with Gasteiger partial charge >= 0.3 is 0 Å². The standard InChI is InChI=1S/C31H37N3O.C2H6.CH3NO/c1-19-6-7-23(20(2)34-30(21-8-9-21)22-10-11-22)14-26(19)25-16-29(33-17-25)24-12-13-28(32-5)27(15-24)31(3,4)18-35;1-2;2-1-3/h6-7,12-15,18,21-22,25,32H,2,8-11,16-17H2,1,3-5H3;1-2H3;1H,(H2,2,3). The molecule has 0 spiro atoms. The number of anilines is 1. The number of rotatable bonds is 9. The number of nitrogens with two attached hydrogens (primary N) is 1. The largest absolute Gasteiger partial charge is 0.388 e. The van der Waals surface area contributed by atoms with Crippen LogP contribution in [0.1, 0.15) is 93.5 Å². The maximum absolute atomic E-state index is 11.8. The first-order valence-corrected chi connectivity index (χ1v) is 14.6. The van der Waals surface area contributed by atoms with Gasteiger partial charge in [-0.3, -0.25) is 14.8 Å². The molecule has 3 aliphatic rings. The van der Waals surface area contributed by atoms with Crippen molar-refractivity contribution in [2.24, 2.45) is 27.6 Å².